The zero-order chi connectivity index (χ0) is 11.4. The van der Waals surface area contributed by atoms with Crippen molar-refractivity contribution in [3.63, 3.8) is 0 Å². The number of ether oxygens (including phenoxy) is 1. The van der Waals surface area contributed by atoms with Crippen molar-refractivity contribution in [1.29, 1.82) is 0 Å². The largest absolute Gasteiger partial charge is 0.378 e. The van der Waals surface area contributed by atoms with E-state index in [0.717, 1.165) is 25.6 Å². The lowest BCUT2D eigenvalue weighted by Crippen LogP contribution is -2.49. The fourth-order valence-corrected chi connectivity index (χ4v) is 2.99. The molecule has 0 aromatic rings. The maximum atomic E-state index is 5.58. The Morgan fingerprint density at radius 2 is 2.38 bits per heavy atom. The molecule has 16 heavy (non-hydrogen) atoms. The van der Waals surface area contributed by atoms with Crippen molar-refractivity contribution < 1.29 is 4.74 Å². The van der Waals surface area contributed by atoms with Gasteiger partial charge in [0.15, 0.2) is 0 Å². The number of hydrogen-bond acceptors (Lipinski definition) is 3. The average molecular weight is 226 g/mol. The minimum atomic E-state index is 0.378. The molecule has 2 aliphatic rings. The predicted octanol–water partition coefficient (Wildman–Crippen LogP) is 1.53. The molecule has 0 radical (unpaired) electrons. The number of nitrogens with one attached hydrogen (secondary N) is 2. The van der Waals surface area contributed by atoms with Crippen LogP contribution in [0, 0.1) is 5.92 Å². The third-order valence-electron chi connectivity index (χ3n) is 4.41. The van der Waals surface area contributed by atoms with Gasteiger partial charge in [-0.3, -0.25) is 0 Å². The standard InChI is InChI=1S/C13H26N2O/c1-3-13(6-4-7-15-13)10-14-9-12-5-8-16-11(12)2/h11-12,14-15H,3-10H2,1-2H3. The highest BCUT2D eigenvalue weighted by atomic mass is 16.5. The molecule has 0 amide bonds. The van der Waals surface area contributed by atoms with Crippen LogP contribution >= 0.6 is 0 Å². The monoisotopic (exact) mass is 226 g/mol. The van der Waals surface area contributed by atoms with Crippen LogP contribution in [0.3, 0.4) is 0 Å². The van der Waals surface area contributed by atoms with E-state index in [0.29, 0.717) is 11.6 Å². The molecule has 3 unspecified atom stereocenters. The van der Waals surface area contributed by atoms with Crippen molar-refractivity contribution in [2.45, 2.75) is 51.2 Å². The molecule has 2 aliphatic heterocycles. The first kappa shape index (κ1) is 12.3. The molecule has 2 fully saturated rings. The maximum Gasteiger partial charge on any atom is 0.0588 e. The zero-order valence-corrected chi connectivity index (χ0v) is 10.7. The van der Waals surface area contributed by atoms with Gasteiger partial charge in [0.05, 0.1) is 6.10 Å². The highest BCUT2D eigenvalue weighted by molar-refractivity contribution is 4.94. The highest BCUT2D eigenvalue weighted by Gasteiger charge is 2.31. The Morgan fingerprint density at radius 3 is 2.94 bits per heavy atom. The molecule has 2 heterocycles. The molecule has 94 valence electrons. The summed E-state index contributed by atoms with van der Waals surface area (Å²) in [7, 11) is 0. The summed E-state index contributed by atoms with van der Waals surface area (Å²) < 4.78 is 5.58. The van der Waals surface area contributed by atoms with E-state index in [2.05, 4.69) is 24.5 Å². The summed E-state index contributed by atoms with van der Waals surface area (Å²) in [6, 6.07) is 0. The second-order valence-electron chi connectivity index (χ2n) is 5.42. The van der Waals surface area contributed by atoms with Crippen molar-refractivity contribution in [3.05, 3.63) is 0 Å². The summed E-state index contributed by atoms with van der Waals surface area (Å²) in [5.41, 5.74) is 0.378. The van der Waals surface area contributed by atoms with Crippen LogP contribution in [-0.2, 0) is 4.74 Å². The predicted molar refractivity (Wildman–Crippen MR) is 66.6 cm³/mol. The fourth-order valence-electron chi connectivity index (χ4n) is 2.99. The molecule has 2 rings (SSSR count). The van der Waals surface area contributed by atoms with Crippen LogP contribution in [0.15, 0.2) is 0 Å². The van der Waals surface area contributed by atoms with E-state index in [1.165, 1.54) is 32.2 Å². The van der Waals surface area contributed by atoms with Crippen molar-refractivity contribution in [3.8, 4) is 0 Å². The first-order chi connectivity index (χ1) is 7.76. The Kier molecular flexibility index (Phi) is 4.22. The maximum absolute atomic E-state index is 5.58. The molecule has 3 nitrogen and oxygen atoms in total. The summed E-state index contributed by atoms with van der Waals surface area (Å²) in [6.07, 6.45) is 5.56. The third kappa shape index (κ3) is 2.76. The van der Waals surface area contributed by atoms with Crippen molar-refractivity contribution >= 4 is 0 Å². The van der Waals surface area contributed by atoms with Crippen LogP contribution in [0.4, 0.5) is 0 Å². The highest BCUT2D eigenvalue weighted by Crippen LogP contribution is 2.23. The molecule has 2 saturated heterocycles. The Hall–Kier alpha value is -0.120. The average Bonchev–Trinajstić information content (AvgIpc) is 2.90. The second kappa shape index (κ2) is 5.48. The molecule has 3 heteroatoms. The summed E-state index contributed by atoms with van der Waals surface area (Å²) >= 11 is 0. The van der Waals surface area contributed by atoms with Crippen molar-refractivity contribution in [1.82, 2.24) is 10.6 Å². The minimum absolute atomic E-state index is 0.378. The Morgan fingerprint density at radius 1 is 1.50 bits per heavy atom. The van der Waals surface area contributed by atoms with Crippen molar-refractivity contribution in [2.24, 2.45) is 5.92 Å². The lowest BCUT2D eigenvalue weighted by molar-refractivity contribution is 0.105. The van der Waals surface area contributed by atoms with E-state index >= 15 is 0 Å². The molecule has 0 spiro atoms. The second-order valence-corrected chi connectivity index (χ2v) is 5.42. The lowest BCUT2D eigenvalue weighted by Gasteiger charge is -2.29. The van der Waals surface area contributed by atoms with Crippen LogP contribution in [0.5, 0.6) is 0 Å². The normalized spacial score (nSPS) is 39.4. The van der Waals surface area contributed by atoms with E-state index in [1.54, 1.807) is 0 Å². The Balaban J connectivity index is 1.70. The van der Waals surface area contributed by atoms with Gasteiger partial charge in [-0.1, -0.05) is 6.92 Å². The van der Waals surface area contributed by atoms with E-state index in [4.69, 9.17) is 4.74 Å². The van der Waals surface area contributed by atoms with E-state index in [9.17, 15) is 0 Å². The molecular weight excluding hydrogens is 200 g/mol. The van der Waals surface area contributed by atoms with Gasteiger partial charge in [-0.05, 0) is 45.1 Å². The van der Waals surface area contributed by atoms with Gasteiger partial charge in [0.2, 0.25) is 0 Å². The minimum Gasteiger partial charge on any atom is -0.378 e. The van der Waals surface area contributed by atoms with Crippen LogP contribution in [0.25, 0.3) is 0 Å². The van der Waals surface area contributed by atoms with Crippen LogP contribution in [0.1, 0.15) is 39.5 Å². The van der Waals surface area contributed by atoms with Crippen molar-refractivity contribution in [2.75, 3.05) is 26.2 Å². The summed E-state index contributed by atoms with van der Waals surface area (Å²) in [5.74, 6) is 0.718. The lowest BCUT2D eigenvalue weighted by atomic mass is 9.93. The van der Waals surface area contributed by atoms with E-state index < -0.39 is 0 Å². The quantitative estimate of drug-likeness (QED) is 0.746. The molecule has 0 saturated carbocycles. The Labute approximate surface area is 99.3 Å². The van der Waals surface area contributed by atoms with Gasteiger partial charge in [0.25, 0.3) is 0 Å². The molecule has 0 aliphatic carbocycles. The van der Waals surface area contributed by atoms with Gasteiger partial charge < -0.3 is 15.4 Å². The SMILES string of the molecule is CCC1(CNCC2CCOC2C)CCCN1. The molecule has 0 aromatic carbocycles. The molecular formula is C13H26N2O. The van der Waals surface area contributed by atoms with Gasteiger partial charge in [0, 0.05) is 25.2 Å². The van der Waals surface area contributed by atoms with Crippen LogP contribution in [-0.4, -0.2) is 37.9 Å². The van der Waals surface area contributed by atoms with E-state index in [-0.39, 0.29) is 0 Å². The summed E-state index contributed by atoms with van der Waals surface area (Å²) in [5, 5.41) is 7.31. The van der Waals surface area contributed by atoms with Crippen LogP contribution < -0.4 is 10.6 Å². The van der Waals surface area contributed by atoms with Gasteiger partial charge in [-0.25, -0.2) is 0 Å². The number of rotatable bonds is 5. The topological polar surface area (TPSA) is 33.3 Å². The molecule has 3 atom stereocenters. The first-order valence-corrected chi connectivity index (χ1v) is 6.83. The van der Waals surface area contributed by atoms with E-state index in [1.807, 2.05) is 0 Å². The van der Waals surface area contributed by atoms with Gasteiger partial charge in [-0.15, -0.1) is 0 Å². The van der Waals surface area contributed by atoms with Gasteiger partial charge in [-0.2, -0.15) is 0 Å². The molecule has 2 N–H and O–H groups in total. The first-order valence-electron chi connectivity index (χ1n) is 6.83. The van der Waals surface area contributed by atoms with Crippen LogP contribution in [0.2, 0.25) is 0 Å². The fraction of sp³-hybridized carbons (Fsp3) is 1.00. The zero-order valence-electron chi connectivity index (χ0n) is 10.7. The Bertz CT molecular complexity index is 214. The molecule has 0 bridgehead atoms. The van der Waals surface area contributed by atoms with Gasteiger partial charge >= 0.3 is 0 Å². The smallest absolute Gasteiger partial charge is 0.0588 e. The van der Waals surface area contributed by atoms with Gasteiger partial charge in [0.1, 0.15) is 0 Å². The number of hydrogen-bond donors (Lipinski definition) is 2. The molecule has 0 aromatic heterocycles. The summed E-state index contributed by atoms with van der Waals surface area (Å²) in [6.45, 7) is 8.87. The third-order valence-corrected chi connectivity index (χ3v) is 4.41. The summed E-state index contributed by atoms with van der Waals surface area (Å²) in [4.78, 5) is 0.